The summed E-state index contributed by atoms with van der Waals surface area (Å²) in [4.78, 5) is 0.904. The maximum absolute atomic E-state index is 9.35. The van der Waals surface area contributed by atoms with Gasteiger partial charge in [-0.3, -0.25) is 0 Å². The van der Waals surface area contributed by atoms with E-state index in [9.17, 15) is 5.26 Å². The van der Waals surface area contributed by atoms with Crippen molar-refractivity contribution < 1.29 is 0 Å². The van der Waals surface area contributed by atoms with Crippen LogP contribution in [0.5, 0.6) is 0 Å². The van der Waals surface area contributed by atoms with Gasteiger partial charge in [-0.15, -0.1) is 10.2 Å². The Morgan fingerprint density at radius 3 is 2.71 bits per heavy atom. The molecule has 0 saturated carbocycles. The zero-order valence-electron chi connectivity index (χ0n) is 12.7. The largest absolute Gasteiger partial charge is 0.310 e. The summed E-state index contributed by atoms with van der Waals surface area (Å²) in [5.74, 6) is 0.855. The lowest BCUT2D eigenvalue weighted by Gasteiger charge is -2.10. The van der Waals surface area contributed by atoms with E-state index in [1.165, 1.54) is 11.8 Å². The number of aryl methyl sites for hydroxylation is 1. The monoisotopic (exact) mass is 301 g/mol. The third kappa shape index (κ3) is 3.84. The van der Waals surface area contributed by atoms with Crippen molar-refractivity contribution in [3.63, 3.8) is 0 Å². The number of nitrogens with one attached hydrogen (secondary N) is 1. The van der Waals surface area contributed by atoms with Crippen LogP contribution in [0.4, 0.5) is 0 Å². The van der Waals surface area contributed by atoms with Gasteiger partial charge in [0.2, 0.25) is 0 Å². The lowest BCUT2D eigenvalue weighted by atomic mass is 10.1. The molecule has 0 radical (unpaired) electrons. The van der Waals surface area contributed by atoms with Crippen LogP contribution in [-0.4, -0.2) is 20.8 Å². The van der Waals surface area contributed by atoms with Gasteiger partial charge in [-0.2, -0.15) is 5.26 Å². The van der Waals surface area contributed by atoms with Crippen LogP contribution in [0.15, 0.2) is 28.3 Å². The molecule has 0 saturated heterocycles. The smallest absolute Gasteiger partial charge is 0.195 e. The Labute approximate surface area is 129 Å². The Morgan fingerprint density at radius 1 is 1.38 bits per heavy atom. The third-order valence-corrected chi connectivity index (χ3v) is 4.25. The van der Waals surface area contributed by atoms with E-state index < -0.39 is 0 Å². The van der Waals surface area contributed by atoms with Gasteiger partial charge < -0.3 is 9.88 Å². The number of nitrogens with zero attached hydrogens (tertiary/aromatic N) is 4. The van der Waals surface area contributed by atoms with Crippen molar-refractivity contribution in [2.24, 2.45) is 7.05 Å². The van der Waals surface area contributed by atoms with Crippen molar-refractivity contribution in [3.8, 4) is 6.07 Å². The second-order valence-corrected chi connectivity index (χ2v) is 6.18. The second kappa shape index (κ2) is 6.74. The highest BCUT2D eigenvalue weighted by Gasteiger charge is 2.11. The molecule has 0 aliphatic carbocycles. The van der Waals surface area contributed by atoms with Crippen LogP contribution in [0.2, 0.25) is 0 Å². The highest BCUT2D eigenvalue weighted by molar-refractivity contribution is 7.99. The van der Waals surface area contributed by atoms with Crippen molar-refractivity contribution in [2.45, 2.75) is 43.4 Å². The maximum atomic E-state index is 9.35. The van der Waals surface area contributed by atoms with Crippen LogP contribution in [0.3, 0.4) is 0 Å². The SMILES string of the molecule is Cc1nnc(Sc2ccc(CNC(C)C)cc2C#N)n1C. The summed E-state index contributed by atoms with van der Waals surface area (Å²) in [6.45, 7) is 6.88. The van der Waals surface area contributed by atoms with Gasteiger partial charge in [-0.25, -0.2) is 0 Å². The van der Waals surface area contributed by atoms with Gasteiger partial charge in [0.1, 0.15) is 11.9 Å². The molecule has 2 aromatic rings. The molecule has 1 aromatic carbocycles. The minimum Gasteiger partial charge on any atom is -0.310 e. The van der Waals surface area contributed by atoms with Crippen LogP contribution in [0.1, 0.15) is 30.8 Å². The van der Waals surface area contributed by atoms with Crippen molar-refractivity contribution in [1.29, 1.82) is 5.26 Å². The van der Waals surface area contributed by atoms with E-state index in [4.69, 9.17) is 0 Å². The van der Waals surface area contributed by atoms with Crippen molar-refractivity contribution >= 4 is 11.8 Å². The summed E-state index contributed by atoms with van der Waals surface area (Å²) in [5.41, 5.74) is 1.78. The molecule has 0 bridgehead atoms. The number of benzene rings is 1. The summed E-state index contributed by atoms with van der Waals surface area (Å²) in [6, 6.07) is 8.64. The second-order valence-electron chi connectivity index (χ2n) is 5.17. The van der Waals surface area contributed by atoms with E-state index in [1.54, 1.807) is 0 Å². The number of nitriles is 1. The molecule has 110 valence electrons. The third-order valence-electron chi connectivity index (χ3n) is 3.13. The minimum atomic E-state index is 0.422. The standard InChI is InChI=1S/C15H19N5S/c1-10(2)17-9-12-5-6-14(13(7-12)8-16)21-15-19-18-11(3)20(15)4/h5-7,10,17H,9H2,1-4H3. The summed E-state index contributed by atoms with van der Waals surface area (Å²) in [6.07, 6.45) is 0. The molecule has 5 nitrogen and oxygen atoms in total. The van der Waals surface area contributed by atoms with Gasteiger partial charge in [0.15, 0.2) is 5.16 Å². The molecule has 1 aromatic heterocycles. The molecule has 1 N–H and O–H groups in total. The highest BCUT2D eigenvalue weighted by atomic mass is 32.2. The highest BCUT2D eigenvalue weighted by Crippen LogP contribution is 2.29. The first-order chi connectivity index (χ1) is 10.0. The molecule has 0 atom stereocenters. The molecule has 6 heteroatoms. The van der Waals surface area contributed by atoms with E-state index in [0.29, 0.717) is 11.6 Å². The van der Waals surface area contributed by atoms with Crippen LogP contribution in [0, 0.1) is 18.3 Å². The topological polar surface area (TPSA) is 66.5 Å². The molecule has 1 heterocycles. The Bertz CT molecular complexity index is 669. The van der Waals surface area contributed by atoms with E-state index in [-0.39, 0.29) is 0 Å². The van der Waals surface area contributed by atoms with Gasteiger partial charge in [0, 0.05) is 24.5 Å². The Hall–Kier alpha value is -1.84. The quantitative estimate of drug-likeness (QED) is 0.919. The van der Waals surface area contributed by atoms with Crippen molar-refractivity contribution in [1.82, 2.24) is 20.1 Å². The lowest BCUT2D eigenvalue weighted by Crippen LogP contribution is -2.21. The number of rotatable bonds is 5. The Morgan fingerprint density at radius 2 is 2.14 bits per heavy atom. The van der Waals surface area contributed by atoms with Crippen LogP contribution in [0.25, 0.3) is 0 Å². The first-order valence-corrected chi connectivity index (χ1v) is 7.63. The van der Waals surface area contributed by atoms with Gasteiger partial charge in [0.25, 0.3) is 0 Å². The molecule has 0 aliphatic rings. The molecule has 21 heavy (non-hydrogen) atoms. The van der Waals surface area contributed by atoms with Crippen LogP contribution in [-0.2, 0) is 13.6 Å². The molecular formula is C15H19N5S. The number of aromatic nitrogens is 3. The molecular weight excluding hydrogens is 282 g/mol. The predicted molar refractivity (Wildman–Crippen MR) is 83.0 cm³/mol. The summed E-state index contributed by atoms with van der Waals surface area (Å²) >= 11 is 1.47. The lowest BCUT2D eigenvalue weighted by molar-refractivity contribution is 0.588. The number of hydrogen-bond donors (Lipinski definition) is 1. The first-order valence-electron chi connectivity index (χ1n) is 6.81. The Kier molecular flexibility index (Phi) is 4.99. The summed E-state index contributed by atoms with van der Waals surface area (Å²) < 4.78 is 1.92. The fraction of sp³-hybridized carbons (Fsp3) is 0.400. The van der Waals surface area contributed by atoms with E-state index in [2.05, 4.69) is 35.4 Å². The molecule has 0 unspecified atom stereocenters. The molecule has 2 rings (SSSR count). The van der Waals surface area contributed by atoms with Gasteiger partial charge in [-0.05, 0) is 36.4 Å². The maximum Gasteiger partial charge on any atom is 0.195 e. The zero-order chi connectivity index (χ0) is 15.4. The normalized spacial score (nSPS) is 10.9. The number of hydrogen-bond acceptors (Lipinski definition) is 5. The summed E-state index contributed by atoms with van der Waals surface area (Å²) in [5, 5.41) is 21.6. The molecule has 0 spiro atoms. The fourth-order valence-corrected chi connectivity index (χ4v) is 2.66. The average Bonchev–Trinajstić information content (AvgIpc) is 2.78. The van der Waals surface area contributed by atoms with Crippen LogP contribution < -0.4 is 5.32 Å². The van der Waals surface area contributed by atoms with E-state index >= 15 is 0 Å². The predicted octanol–water partition coefficient (Wildman–Crippen LogP) is 2.64. The van der Waals surface area contributed by atoms with Crippen molar-refractivity contribution in [3.05, 3.63) is 35.2 Å². The molecule has 0 fully saturated rings. The minimum absolute atomic E-state index is 0.422. The Balaban J connectivity index is 2.21. The zero-order valence-corrected chi connectivity index (χ0v) is 13.5. The van der Waals surface area contributed by atoms with Gasteiger partial charge >= 0.3 is 0 Å². The first kappa shape index (κ1) is 15.5. The summed E-state index contributed by atoms with van der Waals surface area (Å²) in [7, 11) is 1.92. The van der Waals surface area contributed by atoms with Crippen molar-refractivity contribution in [2.75, 3.05) is 0 Å². The molecule has 0 amide bonds. The fourth-order valence-electron chi connectivity index (χ4n) is 1.76. The van der Waals surface area contributed by atoms with Gasteiger partial charge in [-0.1, -0.05) is 19.9 Å². The van der Waals surface area contributed by atoms with Crippen LogP contribution >= 0.6 is 11.8 Å². The molecule has 0 aliphatic heterocycles. The van der Waals surface area contributed by atoms with E-state index in [0.717, 1.165) is 28.0 Å². The van der Waals surface area contributed by atoms with Gasteiger partial charge in [0.05, 0.1) is 5.56 Å². The average molecular weight is 301 g/mol. The van der Waals surface area contributed by atoms with E-state index in [1.807, 2.05) is 36.7 Å².